The Morgan fingerprint density at radius 2 is 2.12 bits per heavy atom. The molecule has 0 aliphatic carbocycles. The fraction of sp³-hybridized carbons (Fsp3) is 0.182. The van der Waals surface area contributed by atoms with Gasteiger partial charge in [0, 0.05) is 16.9 Å². The van der Waals surface area contributed by atoms with E-state index in [4.69, 9.17) is 5.73 Å². The standard InChI is InChI=1S/C11H10BrFN2O/c1-5-7-3-6(13)4-8(12)10(7)15(2)9(5)11(14)16/h3-4H,1-2H3,(H2,14,16). The van der Waals surface area contributed by atoms with Crippen LogP contribution in [0.1, 0.15) is 16.1 Å². The summed E-state index contributed by atoms with van der Waals surface area (Å²) >= 11 is 3.28. The third-order valence-electron chi connectivity index (χ3n) is 2.69. The molecule has 0 saturated heterocycles. The van der Waals surface area contributed by atoms with Crippen molar-refractivity contribution in [3.8, 4) is 0 Å². The molecule has 1 aromatic carbocycles. The average molecular weight is 285 g/mol. The predicted molar refractivity (Wildman–Crippen MR) is 63.8 cm³/mol. The Balaban J connectivity index is 2.99. The molecule has 0 atom stereocenters. The van der Waals surface area contributed by atoms with E-state index in [0.29, 0.717) is 21.1 Å². The normalized spacial score (nSPS) is 11.0. The number of nitrogens with two attached hydrogens (primary N) is 1. The van der Waals surface area contributed by atoms with Crippen molar-refractivity contribution in [1.82, 2.24) is 4.57 Å². The molecule has 84 valence electrons. The van der Waals surface area contributed by atoms with E-state index in [1.165, 1.54) is 12.1 Å². The summed E-state index contributed by atoms with van der Waals surface area (Å²) in [5.41, 5.74) is 7.17. The highest BCUT2D eigenvalue weighted by atomic mass is 79.9. The molecule has 0 bridgehead atoms. The first kappa shape index (κ1) is 11.1. The first-order valence-corrected chi connectivity index (χ1v) is 5.46. The van der Waals surface area contributed by atoms with Gasteiger partial charge in [-0.2, -0.15) is 0 Å². The minimum atomic E-state index is -0.511. The van der Waals surface area contributed by atoms with Crippen LogP contribution in [0.5, 0.6) is 0 Å². The summed E-state index contributed by atoms with van der Waals surface area (Å²) in [5, 5.41) is 0.697. The zero-order valence-corrected chi connectivity index (χ0v) is 10.4. The van der Waals surface area contributed by atoms with Gasteiger partial charge in [0.05, 0.1) is 5.52 Å². The molecular weight excluding hydrogens is 275 g/mol. The second-order valence-corrected chi connectivity index (χ2v) is 4.53. The smallest absolute Gasteiger partial charge is 0.265 e. The Hall–Kier alpha value is -1.36. The molecule has 1 heterocycles. The number of primary amides is 1. The number of hydrogen-bond donors (Lipinski definition) is 1. The van der Waals surface area contributed by atoms with E-state index in [1.54, 1.807) is 18.5 Å². The zero-order valence-electron chi connectivity index (χ0n) is 8.84. The van der Waals surface area contributed by atoms with Crippen molar-refractivity contribution in [3.05, 3.63) is 33.7 Å². The van der Waals surface area contributed by atoms with Crippen LogP contribution in [0.3, 0.4) is 0 Å². The van der Waals surface area contributed by atoms with E-state index in [1.807, 2.05) is 0 Å². The Kier molecular flexibility index (Phi) is 2.50. The number of amides is 1. The lowest BCUT2D eigenvalue weighted by atomic mass is 10.1. The maximum Gasteiger partial charge on any atom is 0.265 e. The Labute approximate surface area is 100 Å². The van der Waals surface area contributed by atoms with E-state index in [2.05, 4.69) is 15.9 Å². The number of carbonyl (C=O) groups is 1. The highest BCUT2D eigenvalue weighted by Crippen LogP contribution is 2.31. The summed E-state index contributed by atoms with van der Waals surface area (Å²) in [6.45, 7) is 1.76. The van der Waals surface area contributed by atoms with Crippen molar-refractivity contribution in [2.24, 2.45) is 12.8 Å². The highest BCUT2D eigenvalue weighted by molar-refractivity contribution is 9.10. The van der Waals surface area contributed by atoms with Crippen LogP contribution in [-0.2, 0) is 7.05 Å². The topological polar surface area (TPSA) is 48.0 Å². The van der Waals surface area contributed by atoms with Crippen molar-refractivity contribution in [2.45, 2.75) is 6.92 Å². The molecule has 3 nitrogen and oxygen atoms in total. The quantitative estimate of drug-likeness (QED) is 0.859. The molecule has 16 heavy (non-hydrogen) atoms. The van der Waals surface area contributed by atoms with Crippen LogP contribution in [0.25, 0.3) is 10.9 Å². The van der Waals surface area contributed by atoms with Crippen molar-refractivity contribution < 1.29 is 9.18 Å². The van der Waals surface area contributed by atoms with Crippen molar-refractivity contribution in [2.75, 3.05) is 0 Å². The van der Waals surface area contributed by atoms with Gasteiger partial charge in [0.1, 0.15) is 11.5 Å². The number of hydrogen-bond acceptors (Lipinski definition) is 1. The van der Waals surface area contributed by atoms with Crippen molar-refractivity contribution in [1.29, 1.82) is 0 Å². The second kappa shape index (κ2) is 3.59. The van der Waals surface area contributed by atoms with Crippen LogP contribution in [0.4, 0.5) is 4.39 Å². The lowest BCUT2D eigenvalue weighted by Gasteiger charge is -2.02. The molecule has 0 unspecified atom stereocenters. The lowest BCUT2D eigenvalue weighted by molar-refractivity contribution is 0.0992. The number of nitrogens with zero attached hydrogens (tertiary/aromatic N) is 1. The molecular formula is C11H10BrFN2O. The van der Waals surface area contributed by atoms with E-state index in [9.17, 15) is 9.18 Å². The number of aromatic nitrogens is 1. The average Bonchev–Trinajstić information content (AvgIpc) is 2.38. The van der Waals surface area contributed by atoms with Crippen molar-refractivity contribution >= 4 is 32.7 Å². The fourth-order valence-corrected chi connectivity index (χ4v) is 2.73. The monoisotopic (exact) mass is 284 g/mol. The molecule has 5 heteroatoms. The van der Waals surface area contributed by atoms with E-state index in [0.717, 1.165) is 5.52 Å². The van der Waals surface area contributed by atoms with Crippen LogP contribution in [0.15, 0.2) is 16.6 Å². The number of halogens is 2. The Morgan fingerprint density at radius 1 is 1.50 bits per heavy atom. The summed E-state index contributed by atoms with van der Waals surface area (Å²) < 4.78 is 15.6. The molecule has 0 saturated carbocycles. The number of carbonyl (C=O) groups excluding carboxylic acids is 1. The minimum Gasteiger partial charge on any atom is -0.364 e. The Morgan fingerprint density at radius 3 is 2.69 bits per heavy atom. The number of fused-ring (bicyclic) bond motifs is 1. The van der Waals surface area contributed by atoms with E-state index in [-0.39, 0.29) is 5.82 Å². The van der Waals surface area contributed by atoms with Gasteiger partial charge in [-0.3, -0.25) is 4.79 Å². The summed E-state index contributed by atoms with van der Waals surface area (Å²) in [5.74, 6) is -0.854. The second-order valence-electron chi connectivity index (χ2n) is 3.68. The molecule has 0 aliphatic rings. The van der Waals surface area contributed by atoms with Crippen LogP contribution in [-0.4, -0.2) is 10.5 Å². The summed E-state index contributed by atoms with van der Waals surface area (Å²) in [6.07, 6.45) is 0. The molecule has 2 aromatic rings. The summed E-state index contributed by atoms with van der Waals surface area (Å²) in [7, 11) is 1.73. The third-order valence-corrected chi connectivity index (χ3v) is 3.30. The molecule has 0 radical (unpaired) electrons. The van der Waals surface area contributed by atoms with Gasteiger partial charge in [-0.05, 0) is 40.5 Å². The van der Waals surface area contributed by atoms with E-state index >= 15 is 0 Å². The van der Waals surface area contributed by atoms with E-state index < -0.39 is 5.91 Å². The van der Waals surface area contributed by atoms with Gasteiger partial charge in [0.2, 0.25) is 0 Å². The zero-order chi connectivity index (χ0) is 12.0. The maximum absolute atomic E-state index is 13.3. The van der Waals surface area contributed by atoms with Gasteiger partial charge in [0.25, 0.3) is 5.91 Å². The molecule has 0 fully saturated rings. The molecule has 0 aliphatic heterocycles. The van der Waals surface area contributed by atoms with Gasteiger partial charge in [-0.1, -0.05) is 0 Å². The number of aryl methyl sites for hydroxylation is 2. The number of benzene rings is 1. The number of rotatable bonds is 1. The molecule has 1 aromatic heterocycles. The SMILES string of the molecule is Cc1c(C(N)=O)n(C)c2c(Br)cc(F)cc12. The van der Waals surface area contributed by atoms with Crippen molar-refractivity contribution in [3.63, 3.8) is 0 Å². The summed E-state index contributed by atoms with van der Waals surface area (Å²) in [6, 6.07) is 2.77. The summed E-state index contributed by atoms with van der Waals surface area (Å²) in [4.78, 5) is 11.3. The Bertz CT molecular complexity index is 604. The molecule has 1 amide bonds. The van der Waals surface area contributed by atoms with Gasteiger partial charge >= 0.3 is 0 Å². The first-order chi connectivity index (χ1) is 7.43. The fourth-order valence-electron chi connectivity index (χ4n) is 2.03. The maximum atomic E-state index is 13.3. The third kappa shape index (κ3) is 1.43. The van der Waals surface area contributed by atoms with Gasteiger partial charge in [0.15, 0.2) is 0 Å². The largest absolute Gasteiger partial charge is 0.364 e. The van der Waals surface area contributed by atoms with Crippen LogP contribution in [0, 0.1) is 12.7 Å². The molecule has 2 rings (SSSR count). The van der Waals surface area contributed by atoms with Crippen LogP contribution >= 0.6 is 15.9 Å². The first-order valence-electron chi connectivity index (χ1n) is 4.67. The van der Waals surface area contributed by atoms with Gasteiger partial charge in [-0.15, -0.1) is 0 Å². The molecule has 2 N–H and O–H groups in total. The predicted octanol–water partition coefficient (Wildman–Crippen LogP) is 2.49. The molecule has 0 spiro atoms. The highest BCUT2D eigenvalue weighted by Gasteiger charge is 2.18. The van der Waals surface area contributed by atoms with Crippen LogP contribution < -0.4 is 5.73 Å². The van der Waals surface area contributed by atoms with Gasteiger partial charge < -0.3 is 10.3 Å². The minimum absolute atomic E-state index is 0.343. The van der Waals surface area contributed by atoms with Gasteiger partial charge in [-0.25, -0.2) is 4.39 Å². The van der Waals surface area contributed by atoms with Crippen LogP contribution in [0.2, 0.25) is 0 Å². The lowest BCUT2D eigenvalue weighted by Crippen LogP contribution is -2.16.